The second-order valence-electron chi connectivity index (χ2n) is 3.86. The van der Waals surface area contributed by atoms with Crippen molar-refractivity contribution >= 4 is 11.8 Å². The van der Waals surface area contributed by atoms with Gasteiger partial charge in [0.15, 0.2) is 0 Å². The maximum absolute atomic E-state index is 5.67. The summed E-state index contributed by atoms with van der Waals surface area (Å²) in [7, 11) is 2.00. The lowest BCUT2D eigenvalue weighted by molar-refractivity contribution is 0.343. The number of rotatable bonds is 8. The van der Waals surface area contributed by atoms with Crippen molar-refractivity contribution in [2.24, 2.45) is 0 Å². The fraction of sp³-hybridized carbons (Fsp3) is 0.571. The van der Waals surface area contributed by atoms with Crippen molar-refractivity contribution < 1.29 is 4.74 Å². The van der Waals surface area contributed by atoms with Gasteiger partial charge in [0.25, 0.3) is 0 Å². The van der Waals surface area contributed by atoms with E-state index < -0.39 is 0 Å². The third-order valence-electron chi connectivity index (χ3n) is 2.74. The maximum atomic E-state index is 5.67. The Labute approximate surface area is 109 Å². The van der Waals surface area contributed by atoms with Gasteiger partial charge < -0.3 is 10.1 Å². The predicted molar refractivity (Wildman–Crippen MR) is 77.0 cm³/mol. The van der Waals surface area contributed by atoms with E-state index in [-0.39, 0.29) is 0 Å². The van der Waals surface area contributed by atoms with Gasteiger partial charge in [0, 0.05) is 11.8 Å². The van der Waals surface area contributed by atoms with Gasteiger partial charge in [-0.2, -0.15) is 11.8 Å². The van der Waals surface area contributed by atoms with Crippen LogP contribution in [0.4, 0.5) is 0 Å². The van der Waals surface area contributed by atoms with E-state index in [2.05, 4.69) is 43.4 Å². The van der Waals surface area contributed by atoms with Gasteiger partial charge >= 0.3 is 0 Å². The largest absolute Gasteiger partial charge is 0.493 e. The van der Waals surface area contributed by atoms with E-state index in [9.17, 15) is 0 Å². The molecule has 1 aromatic carbocycles. The zero-order valence-electron chi connectivity index (χ0n) is 11.0. The van der Waals surface area contributed by atoms with Gasteiger partial charge in [0.1, 0.15) is 5.75 Å². The molecule has 1 N–H and O–H groups in total. The molecule has 0 bridgehead atoms. The van der Waals surface area contributed by atoms with Crippen molar-refractivity contribution in [2.75, 3.05) is 25.2 Å². The van der Waals surface area contributed by atoms with Gasteiger partial charge in [0.2, 0.25) is 0 Å². The molecule has 0 saturated carbocycles. The Hall–Kier alpha value is -0.670. The van der Waals surface area contributed by atoms with Gasteiger partial charge in [-0.3, -0.25) is 0 Å². The summed E-state index contributed by atoms with van der Waals surface area (Å²) in [6.07, 6.45) is 1.10. The summed E-state index contributed by atoms with van der Waals surface area (Å²) in [5, 5.41) is 3.30. The molecule has 0 amide bonds. The van der Waals surface area contributed by atoms with Crippen molar-refractivity contribution in [1.82, 2.24) is 5.32 Å². The molecule has 3 heteroatoms. The van der Waals surface area contributed by atoms with E-state index in [0.717, 1.165) is 30.3 Å². The van der Waals surface area contributed by atoms with Crippen LogP contribution in [0.3, 0.4) is 0 Å². The lowest BCUT2D eigenvalue weighted by atomic mass is 10.1. The molecule has 1 aromatic rings. The van der Waals surface area contributed by atoms with Crippen LogP contribution in [0.2, 0.25) is 0 Å². The molecular formula is C14H23NOS. The molecule has 0 spiro atoms. The Morgan fingerprint density at radius 1 is 1.24 bits per heavy atom. The summed E-state index contributed by atoms with van der Waals surface area (Å²) >= 11 is 1.91. The lowest BCUT2D eigenvalue weighted by Gasteiger charge is -2.14. The zero-order valence-corrected chi connectivity index (χ0v) is 11.8. The first-order valence-corrected chi connectivity index (χ1v) is 7.45. The van der Waals surface area contributed by atoms with Crippen LogP contribution < -0.4 is 10.1 Å². The van der Waals surface area contributed by atoms with Crippen LogP contribution in [-0.2, 0) is 0 Å². The third kappa shape index (κ3) is 5.00. The fourth-order valence-corrected chi connectivity index (χ4v) is 2.26. The van der Waals surface area contributed by atoms with Gasteiger partial charge in [-0.1, -0.05) is 26.0 Å². The molecular weight excluding hydrogens is 230 g/mol. The van der Waals surface area contributed by atoms with Crippen molar-refractivity contribution in [2.45, 2.75) is 26.3 Å². The highest BCUT2D eigenvalue weighted by Gasteiger charge is 2.05. The van der Waals surface area contributed by atoms with Crippen LogP contribution in [0.1, 0.15) is 31.9 Å². The van der Waals surface area contributed by atoms with Gasteiger partial charge in [-0.15, -0.1) is 0 Å². The Kier molecular flexibility index (Phi) is 7.13. The third-order valence-corrected chi connectivity index (χ3v) is 3.60. The molecule has 1 rings (SSSR count). The summed E-state index contributed by atoms with van der Waals surface area (Å²) in [4.78, 5) is 0. The van der Waals surface area contributed by atoms with Crippen molar-refractivity contribution in [3.63, 3.8) is 0 Å². The second-order valence-corrected chi connectivity index (χ2v) is 5.26. The van der Waals surface area contributed by atoms with Crippen LogP contribution in [0.5, 0.6) is 5.75 Å². The number of benzene rings is 1. The molecule has 0 aliphatic carbocycles. The highest BCUT2D eigenvalue weighted by molar-refractivity contribution is 7.99. The number of thioether (sulfide) groups is 1. The van der Waals surface area contributed by atoms with E-state index in [1.807, 2.05) is 18.8 Å². The molecule has 0 saturated heterocycles. The topological polar surface area (TPSA) is 21.3 Å². The number of ether oxygens (including phenoxy) is 1. The SMILES string of the molecule is CCSCCOc1ccc(C(CC)NC)cc1. The van der Waals surface area contributed by atoms with Crippen molar-refractivity contribution in [3.05, 3.63) is 29.8 Å². The first kappa shape index (κ1) is 14.4. The van der Waals surface area contributed by atoms with Crippen LogP contribution in [0.15, 0.2) is 24.3 Å². The first-order valence-electron chi connectivity index (χ1n) is 6.29. The van der Waals surface area contributed by atoms with Crippen LogP contribution in [0.25, 0.3) is 0 Å². The molecule has 0 radical (unpaired) electrons. The number of hydrogen-bond acceptors (Lipinski definition) is 3. The van der Waals surface area contributed by atoms with Crippen molar-refractivity contribution in [3.8, 4) is 5.75 Å². The summed E-state index contributed by atoms with van der Waals surface area (Å²) in [6, 6.07) is 8.86. The van der Waals surface area contributed by atoms with Crippen LogP contribution >= 0.6 is 11.8 Å². The molecule has 0 heterocycles. The first-order chi connectivity index (χ1) is 8.31. The molecule has 0 aromatic heterocycles. The highest BCUT2D eigenvalue weighted by atomic mass is 32.2. The lowest BCUT2D eigenvalue weighted by Crippen LogP contribution is -2.14. The molecule has 2 nitrogen and oxygen atoms in total. The molecule has 1 unspecified atom stereocenters. The average molecular weight is 253 g/mol. The molecule has 0 aliphatic heterocycles. The normalized spacial score (nSPS) is 12.4. The highest BCUT2D eigenvalue weighted by Crippen LogP contribution is 2.19. The average Bonchev–Trinajstić information content (AvgIpc) is 2.38. The Morgan fingerprint density at radius 3 is 2.47 bits per heavy atom. The summed E-state index contributed by atoms with van der Waals surface area (Å²) in [5.41, 5.74) is 1.32. The Morgan fingerprint density at radius 2 is 1.94 bits per heavy atom. The maximum Gasteiger partial charge on any atom is 0.119 e. The van der Waals surface area contributed by atoms with E-state index in [4.69, 9.17) is 4.74 Å². The second kappa shape index (κ2) is 8.43. The van der Waals surface area contributed by atoms with Crippen LogP contribution in [-0.4, -0.2) is 25.2 Å². The molecule has 17 heavy (non-hydrogen) atoms. The van der Waals surface area contributed by atoms with E-state index in [1.165, 1.54) is 5.56 Å². The zero-order chi connectivity index (χ0) is 12.5. The minimum atomic E-state index is 0.444. The predicted octanol–water partition coefficient (Wildman–Crippen LogP) is 3.49. The minimum Gasteiger partial charge on any atom is -0.493 e. The Balaban J connectivity index is 2.44. The smallest absolute Gasteiger partial charge is 0.119 e. The summed E-state index contributed by atoms with van der Waals surface area (Å²) < 4.78 is 5.67. The standard InChI is InChI=1S/C14H23NOS/c1-4-14(15-3)12-6-8-13(9-7-12)16-10-11-17-5-2/h6-9,14-15H,4-5,10-11H2,1-3H3. The van der Waals surface area contributed by atoms with Gasteiger partial charge in [-0.25, -0.2) is 0 Å². The molecule has 0 fully saturated rings. The summed E-state index contributed by atoms with van der Waals surface area (Å²) in [6.45, 7) is 5.15. The minimum absolute atomic E-state index is 0.444. The van der Waals surface area contributed by atoms with Gasteiger partial charge in [-0.05, 0) is 36.9 Å². The van der Waals surface area contributed by atoms with E-state index in [0.29, 0.717) is 6.04 Å². The number of hydrogen-bond donors (Lipinski definition) is 1. The monoisotopic (exact) mass is 253 g/mol. The molecule has 0 aliphatic rings. The fourth-order valence-electron chi connectivity index (χ4n) is 1.77. The van der Waals surface area contributed by atoms with Crippen LogP contribution in [0, 0.1) is 0 Å². The number of nitrogens with one attached hydrogen (secondary N) is 1. The van der Waals surface area contributed by atoms with E-state index >= 15 is 0 Å². The van der Waals surface area contributed by atoms with Gasteiger partial charge in [0.05, 0.1) is 6.61 Å². The quantitative estimate of drug-likeness (QED) is 0.717. The molecule has 1 atom stereocenters. The van der Waals surface area contributed by atoms with Crippen molar-refractivity contribution in [1.29, 1.82) is 0 Å². The van der Waals surface area contributed by atoms with E-state index in [1.54, 1.807) is 0 Å². The summed E-state index contributed by atoms with van der Waals surface area (Å²) in [5.74, 6) is 3.19. The molecule has 96 valence electrons. The Bertz CT molecular complexity index is 296.